The summed E-state index contributed by atoms with van der Waals surface area (Å²) in [5.74, 6) is 2.26. The minimum atomic E-state index is 0.287. The Hall–Kier alpha value is 0.270. The van der Waals surface area contributed by atoms with Gasteiger partial charge in [0.25, 0.3) is 0 Å². The average Bonchev–Trinajstić information content (AvgIpc) is 1.98. The summed E-state index contributed by atoms with van der Waals surface area (Å²) in [5.41, 5.74) is 0. The molecule has 0 saturated heterocycles. The Morgan fingerprint density at radius 1 is 1.60 bits per heavy atom. The van der Waals surface area contributed by atoms with Gasteiger partial charge in [-0.1, -0.05) is 6.92 Å². The Kier molecular flexibility index (Phi) is 7.58. The predicted octanol–water partition coefficient (Wildman–Crippen LogP) is 0.710. The van der Waals surface area contributed by atoms with Crippen molar-refractivity contribution < 1.29 is 5.11 Å². The van der Waals surface area contributed by atoms with Crippen LogP contribution in [0.2, 0.25) is 0 Å². The number of nitrogens with one attached hydrogen (secondary N) is 1. The van der Waals surface area contributed by atoms with Gasteiger partial charge in [-0.05, 0) is 19.2 Å². The van der Waals surface area contributed by atoms with Gasteiger partial charge in [0.1, 0.15) is 0 Å². The maximum absolute atomic E-state index is 8.62. The average molecular weight is 163 g/mol. The molecule has 0 rings (SSSR count). The highest BCUT2D eigenvalue weighted by atomic mass is 32.2. The van der Waals surface area contributed by atoms with Crippen molar-refractivity contribution in [3.05, 3.63) is 0 Å². The third-order valence-electron chi connectivity index (χ3n) is 1.41. The second-order valence-corrected chi connectivity index (χ2v) is 3.48. The van der Waals surface area contributed by atoms with Crippen LogP contribution in [0.5, 0.6) is 0 Å². The topological polar surface area (TPSA) is 32.3 Å². The molecule has 2 nitrogen and oxygen atoms in total. The molecule has 0 fully saturated rings. The first-order valence-electron chi connectivity index (χ1n) is 3.71. The molecule has 0 amide bonds. The fourth-order valence-electron chi connectivity index (χ4n) is 0.727. The summed E-state index contributed by atoms with van der Waals surface area (Å²) in [6.07, 6.45) is 0.865. The molecule has 0 aliphatic heterocycles. The lowest BCUT2D eigenvalue weighted by atomic mass is 10.2. The number of thioether (sulfide) groups is 1. The highest BCUT2D eigenvalue weighted by Crippen LogP contribution is 2.03. The van der Waals surface area contributed by atoms with Gasteiger partial charge in [-0.25, -0.2) is 0 Å². The van der Waals surface area contributed by atoms with E-state index in [9.17, 15) is 0 Å². The molecule has 3 heteroatoms. The minimum Gasteiger partial charge on any atom is -0.396 e. The molecule has 62 valence electrons. The van der Waals surface area contributed by atoms with Crippen LogP contribution < -0.4 is 5.32 Å². The van der Waals surface area contributed by atoms with Crippen molar-refractivity contribution in [1.29, 1.82) is 0 Å². The van der Waals surface area contributed by atoms with Crippen LogP contribution in [0, 0.1) is 0 Å². The lowest BCUT2D eigenvalue weighted by Gasteiger charge is -2.12. The molecule has 0 spiro atoms. The van der Waals surface area contributed by atoms with Crippen LogP contribution in [-0.4, -0.2) is 36.3 Å². The van der Waals surface area contributed by atoms with E-state index in [4.69, 9.17) is 5.11 Å². The summed E-state index contributed by atoms with van der Waals surface area (Å²) < 4.78 is 0. The number of hydrogen-bond acceptors (Lipinski definition) is 3. The molecule has 0 heterocycles. The summed E-state index contributed by atoms with van der Waals surface area (Å²) >= 11 is 1.91. The lowest BCUT2D eigenvalue weighted by Crippen LogP contribution is -2.28. The second-order valence-electron chi connectivity index (χ2n) is 2.16. The third-order valence-corrected chi connectivity index (χ3v) is 2.46. The fraction of sp³-hybridized carbons (Fsp3) is 1.00. The van der Waals surface area contributed by atoms with Crippen molar-refractivity contribution in [3.8, 4) is 0 Å². The quantitative estimate of drug-likeness (QED) is 0.605. The van der Waals surface area contributed by atoms with Crippen molar-refractivity contribution in [3.63, 3.8) is 0 Å². The van der Waals surface area contributed by atoms with Crippen molar-refractivity contribution in [1.82, 2.24) is 5.32 Å². The van der Waals surface area contributed by atoms with E-state index in [1.165, 1.54) is 0 Å². The van der Waals surface area contributed by atoms with Crippen LogP contribution in [0.3, 0.4) is 0 Å². The van der Waals surface area contributed by atoms with Gasteiger partial charge >= 0.3 is 0 Å². The van der Waals surface area contributed by atoms with E-state index in [-0.39, 0.29) is 6.61 Å². The van der Waals surface area contributed by atoms with Gasteiger partial charge in [-0.2, -0.15) is 11.8 Å². The zero-order valence-electron chi connectivity index (χ0n) is 6.76. The summed E-state index contributed by atoms with van der Waals surface area (Å²) in [5, 5.41) is 11.8. The highest BCUT2D eigenvalue weighted by Gasteiger charge is 2.02. The molecule has 1 unspecified atom stereocenters. The Balaban J connectivity index is 3.21. The summed E-state index contributed by atoms with van der Waals surface area (Å²) in [7, 11) is 1.94. The monoisotopic (exact) mass is 163 g/mol. The second kappa shape index (κ2) is 7.38. The minimum absolute atomic E-state index is 0.287. The zero-order chi connectivity index (χ0) is 7.82. The van der Waals surface area contributed by atoms with Crippen molar-refractivity contribution >= 4 is 11.8 Å². The van der Waals surface area contributed by atoms with E-state index in [1.54, 1.807) is 0 Å². The van der Waals surface area contributed by atoms with Gasteiger partial charge in [-0.3, -0.25) is 0 Å². The van der Waals surface area contributed by atoms with E-state index >= 15 is 0 Å². The van der Waals surface area contributed by atoms with Crippen LogP contribution in [0.1, 0.15) is 13.3 Å². The van der Waals surface area contributed by atoms with Crippen molar-refractivity contribution in [2.24, 2.45) is 0 Å². The van der Waals surface area contributed by atoms with E-state index < -0.39 is 0 Å². The maximum atomic E-state index is 8.62. The van der Waals surface area contributed by atoms with Gasteiger partial charge in [0.2, 0.25) is 0 Å². The first-order chi connectivity index (χ1) is 4.85. The lowest BCUT2D eigenvalue weighted by molar-refractivity contribution is 0.273. The first kappa shape index (κ1) is 10.3. The zero-order valence-corrected chi connectivity index (χ0v) is 7.58. The smallest absolute Gasteiger partial charge is 0.0446 e. The highest BCUT2D eigenvalue weighted by molar-refractivity contribution is 7.99. The molecule has 0 saturated carbocycles. The van der Waals surface area contributed by atoms with Gasteiger partial charge in [0, 0.05) is 18.4 Å². The molecule has 0 aromatic heterocycles. The largest absolute Gasteiger partial charge is 0.396 e. The summed E-state index contributed by atoms with van der Waals surface area (Å²) in [6, 6.07) is 0.481. The van der Waals surface area contributed by atoms with E-state index in [2.05, 4.69) is 12.2 Å². The van der Waals surface area contributed by atoms with E-state index in [0.717, 1.165) is 17.9 Å². The van der Waals surface area contributed by atoms with Gasteiger partial charge in [-0.15, -0.1) is 0 Å². The molecule has 0 aliphatic carbocycles. The molecule has 0 aromatic rings. The van der Waals surface area contributed by atoms with Crippen molar-refractivity contribution in [2.75, 3.05) is 25.2 Å². The first-order valence-corrected chi connectivity index (χ1v) is 4.86. The Morgan fingerprint density at radius 3 is 2.70 bits per heavy atom. The number of rotatable bonds is 6. The van der Waals surface area contributed by atoms with Crippen LogP contribution in [-0.2, 0) is 0 Å². The van der Waals surface area contributed by atoms with E-state index in [0.29, 0.717) is 6.04 Å². The number of aliphatic hydroxyl groups excluding tert-OH is 1. The van der Waals surface area contributed by atoms with Crippen LogP contribution in [0.4, 0.5) is 0 Å². The molecule has 0 aromatic carbocycles. The van der Waals surface area contributed by atoms with Crippen LogP contribution in [0.25, 0.3) is 0 Å². The molecule has 2 N–H and O–H groups in total. The third kappa shape index (κ3) is 5.09. The van der Waals surface area contributed by atoms with Crippen molar-refractivity contribution in [2.45, 2.75) is 19.4 Å². The molecule has 0 aliphatic rings. The predicted molar refractivity (Wildman–Crippen MR) is 47.5 cm³/mol. The molecule has 10 heavy (non-hydrogen) atoms. The number of aliphatic hydroxyl groups is 1. The Morgan fingerprint density at radius 2 is 2.30 bits per heavy atom. The van der Waals surface area contributed by atoms with Crippen LogP contribution >= 0.6 is 11.8 Å². The standard InChI is InChI=1S/C7H17NOS/c1-3-10-6-7(8-2)4-5-9/h7-9H,3-6H2,1-2H3. The normalized spacial score (nSPS) is 13.5. The molecular formula is C7H17NOS. The molecular weight excluding hydrogens is 146 g/mol. The maximum Gasteiger partial charge on any atom is 0.0446 e. The van der Waals surface area contributed by atoms with Gasteiger partial charge < -0.3 is 10.4 Å². The van der Waals surface area contributed by atoms with Crippen LogP contribution in [0.15, 0.2) is 0 Å². The van der Waals surface area contributed by atoms with Gasteiger partial charge in [0.05, 0.1) is 0 Å². The summed E-state index contributed by atoms with van der Waals surface area (Å²) in [6.45, 7) is 2.44. The Labute approximate surface area is 67.4 Å². The fourth-order valence-corrected chi connectivity index (χ4v) is 1.58. The number of hydrogen-bond donors (Lipinski definition) is 2. The summed E-state index contributed by atoms with van der Waals surface area (Å²) in [4.78, 5) is 0. The molecule has 0 radical (unpaired) electrons. The molecule has 0 bridgehead atoms. The van der Waals surface area contributed by atoms with E-state index in [1.807, 2.05) is 18.8 Å². The molecule has 1 atom stereocenters. The Bertz CT molecular complexity index is 70.6. The van der Waals surface area contributed by atoms with Gasteiger partial charge in [0.15, 0.2) is 0 Å². The SMILES string of the molecule is CCSCC(CCO)NC.